The van der Waals surface area contributed by atoms with Crippen molar-refractivity contribution in [3.63, 3.8) is 0 Å². The first-order valence-electron chi connectivity index (χ1n) is 10.1. The molecule has 3 aromatic rings. The molecular weight excluding hydrogens is 382 g/mol. The third-order valence-corrected chi connectivity index (χ3v) is 4.89. The molecule has 0 aliphatic heterocycles. The summed E-state index contributed by atoms with van der Waals surface area (Å²) < 4.78 is 5.90. The van der Waals surface area contributed by atoms with E-state index in [0.717, 1.165) is 25.0 Å². The lowest BCUT2D eigenvalue weighted by Gasteiger charge is -2.10. The van der Waals surface area contributed by atoms with Crippen LogP contribution in [0.1, 0.15) is 55.1 Å². The molecule has 0 radical (unpaired) electrons. The van der Waals surface area contributed by atoms with Gasteiger partial charge in [-0.3, -0.25) is 9.59 Å². The first-order chi connectivity index (χ1) is 14.4. The monoisotopic (exact) mass is 409 g/mol. The molecule has 1 atom stereocenters. The zero-order valence-electron chi connectivity index (χ0n) is 17.5. The van der Waals surface area contributed by atoms with Crippen molar-refractivity contribution < 1.29 is 14.3 Å². The fourth-order valence-corrected chi connectivity index (χ4v) is 3.23. The van der Waals surface area contributed by atoms with Gasteiger partial charge in [-0.05, 0) is 55.9 Å². The second-order valence-electron chi connectivity index (χ2n) is 7.39. The molecule has 8 heteroatoms. The van der Waals surface area contributed by atoms with E-state index in [2.05, 4.69) is 38.1 Å². The Bertz CT molecular complexity index is 1060. The Kier molecular flexibility index (Phi) is 6.66. The summed E-state index contributed by atoms with van der Waals surface area (Å²) in [5, 5.41) is 2.95. The molecule has 1 aromatic carbocycles. The molecule has 0 saturated heterocycles. The van der Waals surface area contributed by atoms with Crippen LogP contribution < -0.4 is 15.8 Å². The van der Waals surface area contributed by atoms with Gasteiger partial charge in [0.25, 0.3) is 5.91 Å². The molecule has 0 fully saturated rings. The standard InChI is InChI=1S/C20H22N4O2.C2H5NO/c1-3-12(2)23-20(25)16-10-21-19-18(16)24-17(11-22-19)26-15-8-7-13-5-4-6-14(13)9-15;1-2(3)4/h7-12H,3-6H2,1-2H3,(H,21,22)(H,23,25);1H3,(H2,3,4). The van der Waals surface area contributed by atoms with Crippen LogP contribution >= 0.6 is 0 Å². The maximum Gasteiger partial charge on any atom is 0.255 e. The molecular formula is C22H27N5O3. The maximum atomic E-state index is 12.4. The van der Waals surface area contributed by atoms with Crippen LogP contribution in [0.4, 0.5) is 0 Å². The molecule has 30 heavy (non-hydrogen) atoms. The van der Waals surface area contributed by atoms with Crippen molar-refractivity contribution in [1.29, 1.82) is 0 Å². The number of aromatic nitrogens is 3. The van der Waals surface area contributed by atoms with Gasteiger partial charge >= 0.3 is 0 Å². The third kappa shape index (κ3) is 5.14. The molecule has 0 saturated carbocycles. The van der Waals surface area contributed by atoms with Crippen molar-refractivity contribution in [3.05, 3.63) is 47.3 Å². The van der Waals surface area contributed by atoms with Crippen LogP contribution in [0.3, 0.4) is 0 Å². The number of aromatic amines is 1. The van der Waals surface area contributed by atoms with Crippen molar-refractivity contribution in [3.8, 4) is 11.6 Å². The predicted octanol–water partition coefficient (Wildman–Crippen LogP) is 3.26. The summed E-state index contributed by atoms with van der Waals surface area (Å²) in [5.41, 5.74) is 8.78. The molecule has 158 valence electrons. The quantitative estimate of drug-likeness (QED) is 0.597. The van der Waals surface area contributed by atoms with E-state index in [1.165, 1.54) is 24.5 Å². The Labute approximate surface area is 175 Å². The molecule has 0 spiro atoms. The number of amides is 2. The van der Waals surface area contributed by atoms with Crippen LogP contribution in [-0.2, 0) is 17.6 Å². The smallest absolute Gasteiger partial charge is 0.255 e. The lowest BCUT2D eigenvalue weighted by atomic mass is 10.1. The number of nitrogens with two attached hydrogens (primary N) is 1. The minimum atomic E-state index is -0.333. The Balaban J connectivity index is 0.000000589. The van der Waals surface area contributed by atoms with Crippen molar-refractivity contribution in [1.82, 2.24) is 20.3 Å². The van der Waals surface area contributed by atoms with Crippen LogP contribution in [0.2, 0.25) is 0 Å². The van der Waals surface area contributed by atoms with E-state index in [1.54, 1.807) is 12.4 Å². The first kappa shape index (κ1) is 21.3. The van der Waals surface area contributed by atoms with Gasteiger partial charge in [-0.25, -0.2) is 9.97 Å². The molecule has 8 nitrogen and oxygen atoms in total. The highest BCUT2D eigenvalue weighted by Gasteiger charge is 2.17. The average molecular weight is 409 g/mol. The van der Waals surface area contributed by atoms with Crippen molar-refractivity contribution in [2.45, 2.75) is 52.5 Å². The lowest BCUT2D eigenvalue weighted by Crippen LogP contribution is -2.31. The number of hydrogen-bond acceptors (Lipinski definition) is 5. The van der Waals surface area contributed by atoms with E-state index in [0.29, 0.717) is 22.6 Å². The summed E-state index contributed by atoms with van der Waals surface area (Å²) in [7, 11) is 0. The van der Waals surface area contributed by atoms with E-state index in [-0.39, 0.29) is 17.9 Å². The number of hydrogen-bond donors (Lipinski definition) is 3. The number of benzene rings is 1. The van der Waals surface area contributed by atoms with Gasteiger partial charge in [0.05, 0.1) is 11.8 Å². The third-order valence-electron chi connectivity index (χ3n) is 4.89. The molecule has 1 aliphatic carbocycles. The summed E-state index contributed by atoms with van der Waals surface area (Å²) >= 11 is 0. The summed E-state index contributed by atoms with van der Waals surface area (Å²) in [6.45, 7) is 5.31. The van der Waals surface area contributed by atoms with Crippen molar-refractivity contribution in [2.24, 2.45) is 5.73 Å². The summed E-state index contributed by atoms with van der Waals surface area (Å²) in [6, 6.07) is 6.25. The van der Waals surface area contributed by atoms with Crippen LogP contribution in [0.5, 0.6) is 11.6 Å². The largest absolute Gasteiger partial charge is 0.437 e. The highest BCUT2D eigenvalue weighted by atomic mass is 16.5. The highest BCUT2D eigenvalue weighted by Crippen LogP contribution is 2.29. The van der Waals surface area contributed by atoms with E-state index < -0.39 is 0 Å². The number of ether oxygens (including phenoxy) is 1. The number of carbonyl (C=O) groups excluding carboxylic acids is 2. The van der Waals surface area contributed by atoms with Gasteiger partial charge in [-0.1, -0.05) is 13.0 Å². The fraction of sp³-hybridized carbons (Fsp3) is 0.364. The summed E-state index contributed by atoms with van der Waals surface area (Å²) in [4.78, 5) is 33.5. The van der Waals surface area contributed by atoms with Gasteiger partial charge in [-0.15, -0.1) is 0 Å². The van der Waals surface area contributed by atoms with Gasteiger partial charge in [0.15, 0.2) is 5.65 Å². The molecule has 2 aromatic heterocycles. The Morgan fingerprint density at radius 3 is 2.77 bits per heavy atom. The van der Waals surface area contributed by atoms with Crippen LogP contribution in [0.15, 0.2) is 30.6 Å². The second kappa shape index (κ2) is 9.39. The SMILES string of the molecule is CC(N)=O.CCC(C)NC(=O)c1c[nH]c2ncc(Oc3ccc4c(c3)CCC4)nc12. The molecule has 1 unspecified atom stereocenters. The minimum absolute atomic E-state index is 0.103. The Hall–Kier alpha value is -3.42. The van der Waals surface area contributed by atoms with Crippen LogP contribution in [0, 0.1) is 0 Å². The predicted molar refractivity (Wildman–Crippen MR) is 115 cm³/mol. The molecule has 2 heterocycles. The first-order valence-corrected chi connectivity index (χ1v) is 10.1. The number of nitrogens with one attached hydrogen (secondary N) is 2. The van der Waals surface area contributed by atoms with Gasteiger partial charge in [0.2, 0.25) is 11.8 Å². The summed E-state index contributed by atoms with van der Waals surface area (Å²) in [5.74, 6) is 0.641. The van der Waals surface area contributed by atoms with Crippen LogP contribution in [-0.4, -0.2) is 32.8 Å². The average Bonchev–Trinajstić information content (AvgIpc) is 3.33. The Morgan fingerprint density at radius 1 is 1.30 bits per heavy atom. The summed E-state index contributed by atoms with van der Waals surface area (Å²) in [6.07, 6.45) is 7.51. The number of carbonyl (C=O) groups is 2. The maximum absolute atomic E-state index is 12.4. The van der Waals surface area contributed by atoms with Crippen molar-refractivity contribution in [2.75, 3.05) is 0 Å². The molecule has 4 rings (SSSR count). The number of primary amides is 1. The number of fused-ring (bicyclic) bond motifs is 2. The molecule has 0 bridgehead atoms. The fourth-order valence-electron chi connectivity index (χ4n) is 3.23. The van der Waals surface area contributed by atoms with E-state index in [9.17, 15) is 9.59 Å². The van der Waals surface area contributed by atoms with Crippen LogP contribution in [0.25, 0.3) is 11.2 Å². The number of rotatable bonds is 5. The van der Waals surface area contributed by atoms with Crippen molar-refractivity contribution >= 4 is 23.0 Å². The van der Waals surface area contributed by atoms with Gasteiger partial charge in [-0.2, -0.15) is 0 Å². The lowest BCUT2D eigenvalue weighted by molar-refractivity contribution is -0.115. The zero-order valence-corrected chi connectivity index (χ0v) is 17.5. The molecule has 2 amide bonds. The highest BCUT2D eigenvalue weighted by molar-refractivity contribution is 6.04. The molecule has 4 N–H and O–H groups in total. The van der Waals surface area contributed by atoms with Gasteiger partial charge < -0.3 is 20.8 Å². The van der Waals surface area contributed by atoms with Gasteiger partial charge in [0, 0.05) is 19.2 Å². The van der Waals surface area contributed by atoms with Gasteiger partial charge in [0.1, 0.15) is 11.3 Å². The number of nitrogens with zero attached hydrogens (tertiary/aromatic N) is 2. The number of H-pyrrole nitrogens is 1. The number of aryl methyl sites for hydroxylation is 2. The van der Waals surface area contributed by atoms with E-state index >= 15 is 0 Å². The molecule has 1 aliphatic rings. The second-order valence-corrected chi connectivity index (χ2v) is 7.39. The Morgan fingerprint density at radius 2 is 2.03 bits per heavy atom. The minimum Gasteiger partial charge on any atom is -0.437 e. The van der Waals surface area contributed by atoms with E-state index in [4.69, 9.17) is 4.74 Å². The van der Waals surface area contributed by atoms with E-state index in [1.807, 2.05) is 19.9 Å². The topological polar surface area (TPSA) is 123 Å². The normalized spacial score (nSPS) is 13.2. The zero-order chi connectivity index (χ0) is 21.7.